The summed E-state index contributed by atoms with van der Waals surface area (Å²) in [6.45, 7) is 0.608. The molecule has 0 aliphatic carbocycles. The topological polar surface area (TPSA) is 42.7 Å². The first kappa shape index (κ1) is 12.0. The van der Waals surface area contributed by atoms with Crippen LogP contribution in [0.1, 0.15) is 5.82 Å². The molecule has 0 unspecified atom stereocenters. The van der Waals surface area contributed by atoms with E-state index < -0.39 is 0 Å². The lowest BCUT2D eigenvalue weighted by Gasteiger charge is -2.07. The highest BCUT2D eigenvalue weighted by Crippen LogP contribution is 2.20. The highest BCUT2D eigenvalue weighted by Gasteiger charge is 2.07. The van der Waals surface area contributed by atoms with Gasteiger partial charge in [0.25, 0.3) is 0 Å². The van der Waals surface area contributed by atoms with Crippen molar-refractivity contribution in [3.63, 3.8) is 0 Å². The Bertz CT molecular complexity index is 720. The predicted molar refractivity (Wildman–Crippen MR) is 77.3 cm³/mol. The average molecular weight is 273 g/mol. The van der Waals surface area contributed by atoms with Gasteiger partial charge >= 0.3 is 0 Å². The second-order valence-corrected chi connectivity index (χ2v) is 4.69. The third-order valence-electron chi connectivity index (χ3n) is 3.08. The van der Waals surface area contributed by atoms with E-state index in [0.717, 1.165) is 22.5 Å². The lowest BCUT2D eigenvalue weighted by molar-refractivity contribution is 0.834. The van der Waals surface area contributed by atoms with Crippen LogP contribution in [-0.4, -0.2) is 14.5 Å². The molecule has 2 aromatic heterocycles. The van der Waals surface area contributed by atoms with Gasteiger partial charge < -0.3 is 9.88 Å². The summed E-state index contributed by atoms with van der Waals surface area (Å²) in [5, 5.41) is 3.91. The minimum absolute atomic E-state index is 0.608. The number of halogens is 1. The van der Waals surface area contributed by atoms with Crippen molar-refractivity contribution >= 4 is 28.3 Å². The Morgan fingerprint density at radius 1 is 1.26 bits per heavy atom. The van der Waals surface area contributed by atoms with Gasteiger partial charge in [0, 0.05) is 13.2 Å². The molecule has 1 aromatic carbocycles. The third kappa shape index (κ3) is 2.27. The number of aryl methyl sites for hydroxylation is 1. The molecule has 0 fully saturated rings. The summed E-state index contributed by atoms with van der Waals surface area (Å²) in [4.78, 5) is 8.64. The van der Waals surface area contributed by atoms with Gasteiger partial charge in [0.15, 0.2) is 0 Å². The number of pyridine rings is 1. The van der Waals surface area contributed by atoms with Crippen LogP contribution in [0.25, 0.3) is 11.0 Å². The first-order chi connectivity index (χ1) is 9.25. The maximum absolute atomic E-state index is 6.08. The summed E-state index contributed by atoms with van der Waals surface area (Å²) in [7, 11) is 2.01. The maximum Gasteiger partial charge on any atom is 0.128 e. The molecule has 3 aromatic rings. The van der Waals surface area contributed by atoms with Crippen LogP contribution in [0.2, 0.25) is 5.02 Å². The minimum Gasteiger partial charge on any atom is -0.375 e. The standard InChI is InChI=1S/C14H13ClN4/c1-19-13-5-3-2-4-11(13)18-14(19)9-17-12-8-16-7-6-10(12)15/h2-8,17H,9H2,1H3. The number of hydrogen-bond donors (Lipinski definition) is 1. The van der Waals surface area contributed by atoms with E-state index in [2.05, 4.69) is 25.9 Å². The van der Waals surface area contributed by atoms with E-state index in [1.165, 1.54) is 0 Å². The summed E-state index contributed by atoms with van der Waals surface area (Å²) in [6, 6.07) is 9.83. The molecule has 0 aliphatic rings. The molecule has 2 heterocycles. The van der Waals surface area contributed by atoms with Crippen molar-refractivity contribution in [2.75, 3.05) is 5.32 Å². The van der Waals surface area contributed by atoms with Gasteiger partial charge in [-0.1, -0.05) is 23.7 Å². The predicted octanol–water partition coefficient (Wildman–Crippen LogP) is 3.23. The maximum atomic E-state index is 6.08. The van der Waals surface area contributed by atoms with E-state index in [1.807, 2.05) is 25.2 Å². The first-order valence-electron chi connectivity index (χ1n) is 5.99. The monoisotopic (exact) mass is 272 g/mol. The average Bonchev–Trinajstić information content (AvgIpc) is 2.75. The van der Waals surface area contributed by atoms with Gasteiger partial charge in [-0.2, -0.15) is 0 Å². The van der Waals surface area contributed by atoms with Gasteiger partial charge in [-0.15, -0.1) is 0 Å². The number of nitrogens with zero attached hydrogens (tertiary/aromatic N) is 3. The fraction of sp³-hybridized carbons (Fsp3) is 0.143. The molecule has 19 heavy (non-hydrogen) atoms. The van der Waals surface area contributed by atoms with Crippen LogP contribution in [0, 0.1) is 0 Å². The molecule has 0 saturated carbocycles. The van der Waals surface area contributed by atoms with Crippen molar-refractivity contribution < 1.29 is 0 Å². The lowest BCUT2D eigenvalue weighted by Crippen LogP contribution is -2.06. The summed E-state index contributed by atoms with van der Waals surface area (Å²) < 4.78 is 2.08. The molecule has 96 valence electrons. The Hall–Kier alpha value is -2.07. The van der Waals surface area contributed by atoms with Crippen LogP contribution in [-0.2, 0) is 13.6 Å². The number of nitrogens with one attached hydrogen (secondary N) is 1. The second kappa shape index (κ2) is 4.90. The zero-order valence-corrected chi connectivity index (χ0v) is 11.2. The first-order valence-corrected chi connectivity index (χ1v) is 6.37. The van der Waals surface area contributed by atoms with E-state index in [0.29, 0.717) is 11.6 Å². The highest BCUT2D eigenvalue weighted by molar-refractivity contribution is 6.33. The molecule has 4 nitrogen and oxygen atoms in total. The summed E-state index contributed by atoms with van der Waals surface area (Å²) in [6.07, 6.45) is 3.38. The summed E-state index contributed by atoms with van der Waals surface area (Å²) in [5.74, 6) is 0.959. The Kier molecular flexibility index (Phi) is 3.09. The minimum atomic E-state index is 0.608. The molecule has 1 N–H and O–H groups in total. The molecule has 3 rings (SSSR count). The molecular formula is C14H13ClN4. The van der Waals surface area contributed by atoms with Gasteiger partial charge in [-0.25, -0.2) is 4.98 Å². The summed E-state index contributed by atoms with van der Waals surface area (Å²) >= 11 is 6.08. The fourth-order valence-corrected chi connectivity index (χ4v) is 2.21. The molecule has 0 atom stereocenters. The smallest absolute Gasteiger partial charge is 0.128 e. The normalized spacial score (nSPS) is 10.8. The number of imidazole rings is 1. The number of rotatable bonds is 3. The van der Waals surface area contributed by atoms with Crippen molar-refractivity contribution in [2.24, 2.45) is 7.05 Å². The SMILES string of the molecule is Cn1c(CNc2cnccc2Cl)nc2ccccc21. The number of fused-ring (bicyclic) bond motifs is 1. The van der Waals surface area contributed by atoms with Crippen LogP contribution >= 0.6 is 11.6 Å². The largest absolute Gasteiger partial charge is 0.375 e. The number of anilines is 1. The van der Waals surface area contributed by atoms with E-state index in [4.69, 9.17) is 11.6 Å². The Morgan fingerprint density at radius 3 is 2.89 bits per heavy atom. The molecule has 0 bridgehead atoms. The molecule has 0 saturated heterocycles. The number of benzene rings is 1. The van der Waals surface area contributed by atoms with Gasteiger partial charge in [-0.05, 0) is 18.2 Å². The van der Waals surface area contributed by atoms with E-state index in [1.54, 1.807) is 18.5 Å². The molecule has 0 spiro atoms. The Labute approximate surface area is 116 Å². The van der Waals surface area contributed by atoms with Crippen LogP contribution in [0.4, 0.5) is 5.69 Å². The number of hydrogen-bond acceptors (Lipinski definition) is 3. The van der Waals surface area contributed by atoms with E-state index in [9.17, 15) is 0 Å². The molecule has 0 radical (unpaired) electrons. The fourth-order valence-electron chi connectivity index (χ4n) is 2.04. The van der Waals surface area contributed by atoms with Gasteiger partial charge in [0.2, 0.25) is 0 Å². The van der Waals surface area contributed by atoms with Crippen molar-refractivity contribution in [3.8, 4) is 0 Å². The van der Waals surface area contributed by atoms with Crippen molar-refractivity contribution in [2.45, 2.75) is 6.54 Å². The number of aromatic nitrogens is 3. The van der Waals surface area contributed by atoms with Gasteiger partial charge in [0.05, 0.1) is 34.5 Å². The van der Waals surface area contributed by atoms with Crippen molar-refractivity contribution in [1.29, 1.82) is 0 Å². The highest BCUT2D eigenvalue weighted by atomic mass is 35.5. The Balaban J connectivity index is 1.86. The Morgan fingerprint density at radius 2 is 2.11 bits per heavy atom. The van der Waals surface area contributed by atoms with Crippen molar-refractivity contribution in [1.82, 2.24) is 14.5 Å². The van der Waals surface area contributed by atoms with Crippen molar-refractivity contribution in [3.05, 3.63) is 53.6 Å². The van der Waals surface area contributed by atoms with E-state index in [-0.39, 0.29) is 0 Å². The van der Waals surface area contributed by atoms with Gasteiger partial charge in [0.1, 0.15) is 5.82 Å². The van der Waals surface area contributed by atoms with E-state index >= 15 is 0 Å². The van der Waals surface area contributed by atoms with Crippen LogP contribution in [0.3, 0.4) is 0 Å². The zero-order valence-electron chi connectivity index (χ0n) is 10.5. The quantitative estimate of drug-likeness (QED) is 0.796. The molecule has 5 heteroatoms. The molecule has 0 amide bonds. The second-order valence-electron chi connectivity index (χ2n) is 4.28. The van der Waals surface area contributed by atoms with Crippen LogP contribution in [0.5, 0.6) is 0 Å². The van der Waals surface area contributed by atoms with Crippen LogP contribution < -0.4 is 5.32 Å². The lowest BCUT2D eigenvalue weighted by atomic mass is 10.3. The number of para-hydroxylation sites is 2. The third-order valence-corrected chi connectivity index (χ3v) is 3.41. The molecule has 0 aliphatic heterocycles. The zero-order chi connectivity index (χ0) is 13.2. The summed E-state index contributed by atoms with van der Waals surface area (Å²) in [5.41, 5.74) is 2.94. The van der Waals surface area contributed by atoms with Crippen LogP contribution in [0.15, 0.2) is 42.7 Å². The molecular weight excluding hydrogens is 260 g/mol. The van der Waals surface area contributed by atoms with Gasteiger partial charge in [-0.3, -0.25) is 4.98 Å².